The molecule has 25 heavy (non-hydrogen) atoms. The summed E-state index contributed by atoms with van der Waals surface area (Å²) in [4.78, 5) is 15.9. The number of carbonyl (C=O) groups is 1. The smallest absolute Gasteiger partial charge is 0.262 e. The number of anilines is 1. The maximum absolute atomic E-state index is 11.5. The van der Waals surface area contributed by atoms with Crippen LogP contribution >= 0.6 is 0 Å². The van der Waals surface area contributed by atoms with Crippen LogP contribution in [0.25, 0.3) is 0 Å². The number of carbonyl (C=O) groups excluding carboxylic acids is 1. The molecule has 2 atom stereocenters. The Balaban J connectivity index is 1.65. The Bertz CT molecular complexity index is 744. The lowest BCUT2D eigenvalue weighted by Crippen LogP contribution is -2.26. The number of ether oxygens (including phenoxy) is 1. The molecule has 0 aliphatic carbocycles. The molecule has 0 spiro atoms. The van der Waals surface area contributed by atoms with Crippen molar-refractivity contribution in [3.63, 3.8) is 0 Å². The zero-order valence-electron chi connectivity index (χ0n) is 14.8. The summed E-state index contributed by atoms with van der Waals surface area (Å²) in [6.45, 7) is 6.25. The molecule has 0 fully saturated rings. The lowest BCUT2D eigenvalue weighted by atomic mass is 10.1. The van der Waals surface area contributed by atoms with Crippen molar-refractivity contribution >= 4 is 11.6 Å². The SMILES string of the molecule is CCCCc1noc(C(C)NC(C)c2ccc3c(c2)NC(=O)CO3)n1. The molecule has 1 amide bonds. The molecule has 0 bridgehead atoms. The maximum atomic E-state index is 11.5. The van der Waals surface area contributed by atoms with Gasteiger partial charge in [-0.3, -0.25) is 10.1 Å². The minimum Gasteiger partial charge on any atom is -0.482 e. The number of nitrogens with one attached hydrogen (secondary N) is 2. The van der Waals surface area contributed by atoms with Gasteiger partial charge in [-0.05, 0) is 38.0 Å². The molecule has 2 unspecified atom stereocenters. The molecular formula is C18H24N4O3. The van der Waals surface area contributed by atoms with Gasteiger partial charge in [0, 0.05) is 12.5 Å². The molecule has 134 valence electrons. The Hall–Kier alpha value is -2.41. The Labute approximate surface area is 147 Å². The molecule has 0 radical (unpaired) electrons. The first-order chi connectivity index (χ1) is 12.1. The summed E-state index contributed by atoms with van der Waals surface area (Å²) in [5.41, 5.74) is 1.75. The highest BCUT2D eigenvalue weighted by molar-refractivity contribution is 5.95. The van der Waals surface area contributed by atoms with Crippen molar-refractivity contribution in [2.24, 2.45) is 0 Å². The quantitative estimate of drug-likeness (QED) is 0.802. The zero-order chi connectivity index (χ0) is 17.8. The van der Waals surface area contributed by atoms with E-state index in [1.807, 2.05) is 25.1 Å². The fourth-order valence-electron chi connectivity index (χ4n) is 2.79. The molecule has 0 saturated carbocycles. The fraction of sp³-hybridized carbons (Fsp3) is 0.500. The highest BCUT2D eigenvalue weighted by Gasteiger charge is 2.20. The molecule has 3 rings (SSSR count). The summed E-state index contributed by atoms with van der Waals surface area (Å²) < 4.78 is 10.8. The van der Waals surface area contributed by atoms with Crippen LogP contribution < -0.4 is 15.4 Å². The van der Waals surface area contributed by atoms with Crippen LogP contribution in [0.15, 0.2) is 22.7 Å². The van der Waals surface area contributed by atoms with Crippen LogP contribution in [-0.2, 0) is 11.2 Å². The van der Waals surface area contributed by atoms with Crippen molar-refractivity contribution in [3.8, 4) is 5.75 Å². The number of aromatic nitrogens is 2. The van der Waals surface area contributed by atoms with Crippen LogP contribution in [0.4, 0.5) is 5.69 Å². The molecule has 1 aromatic carbocycles. The first-order valence-electron chi connectivity index (χ1n) is 8.72. The van der Waals surface area contributed by atoms with E-state index in [2.05, 4.69) is 34.6 Å². The molecule has 2 aromatic rings. The van der Waals surface area contributed by atoms with Crippen molar-refractivity contribution in [2.75, 3.05) is 11.9 Å². The summed E-state index contributed by atoms with van der Waals surface area (Å²) in [7, 11) is 0. The second-order valence-electron chi connectivity index (χ2n) is 6.35. The van der Waals surface area contributed by atoms with E-state index in [1.165, 1.54) is 0 Å². The van der Waals surface area contributed by atoms with Crippen LogP contribution in [0.5, 0.6) is 5.75 Å². The molecule has 1 aliphatic heterocycles. The molecule has 1 aliphatic rings. The number of aryl methyl sites for hydroxylation is 1. The summed E-state index contributed by atoms with van der Waals surface area (Å²) in [6.07, 6.45) is 3.00. The predicted molar refractivity (Wildman–Crippen MR) is 93.4 cm³/mol. The molecule has 7 heteroatoms. The number of nitrogens with zero attached hydrogens (tertiary/aromatic N) is 2. The van der Waals surface area contributed by atoms with E-state index < -0.39 is 0 Å². The third kappa shape index (κ3) is 4.17. The second kappa shape index (κ2) is 7.65. The van der Waals surface area contributed by atoms with Crippen molar-refractivity contribution in [2.45, 2.75) is 52.1 Å². The van der Waals surface area contributed by atoms with Crippen LogP contribution in [0.3, 0.4) is 0 Å². The topological polar surface area (TPSA) is 89.3 Å². The molecule has 1 aromatic heterocycles. The van der Waals surface area contributed by atoms with E-state index in [0.29, 0.717) is 17.3 Å². The summed E-state index contributed by atoms with van der Waals surface area (Å²) in [5.74, 6) is 1.91. The number of hydrogen-bond acceptors (Lipinski definition) is 6. The van der Waals surface area contributed by atoms with Crippen molar-refractivity contribution in [3.05, 3.63) is 35.5 Å². The van der Waals surface area contributed by atoms with Crippen LogP contribution in [0, 0.1) is 0 Å². The van der Waals surface area contributed by atoms with Crippen LogP contribution in [0.2, 0.25) is 0 Å². The van der Waals surface area contributed by atoms with Gasteiger partial charge < -0.3 is 14.6 Å². The monoisotopic (exact) mass is 344 g/mol. The first-order valence-corrected chi connectivity index (χ1v) is 8.72. The number of hydrogen-bond donors (Lipinski definition) is 2. The van der Waals surface area contributed by atoms with Gasteiger partial charge in [-0.1, -0.05) is 24.6 Å². The van der Waals surface area contributed by atoms with Crippen molar-refractivity contribution in [1.29, 1.82) is 0 Å². The molecular weight excluding hydrogens is 320 g/mol. The average Bonchev–Trinajstić information content (AvgIpc) is 3.08. The van der Waals surface area contributed by atoms with E-state index in [4.69, 9.17) is 9.26 Å². The summed E-state index contributed by atoms with van der Waals surface area (Å²) >= 11 is 0. The van der Waals surface area contributed by atoms with Gasteiger partial charge in [-0.15, -0.1) is 0 Å². The molecule has 2 heterocycles. The Morgan fingerprint density at radius 2 is 2.16 bits per heavy atom. The predicted octanol–water partition coefficient (Wildman–Crippen LogP) is 3.15. The number of unbranched alkanes of at least 4 members (excludes halogenated alkanes) is 1. The Morgan fingerprint density at radius 1 is 1.32 bits per heavy atom. The molecule has 7 nitrogen and oxygen atoms in total. The van der Waals surface area contributed by atoms with Gasteiger partial charge in [0.25, 0.3) is 5.91 Å². The minimum absolute atomic E-state index is 0.0464. The van der Waals surface area contributed by atoms with E-state index in [0.717, 1.165) is 30.7 Å². The standard InChI is InChI=1S/C18H24N4O3/c1-4-5-6-16-21-18(25-22-16)12(3)19-11(2)13-7-8-15-14(9-13)20-17(23)10-24-15/h7-9,11-12,19H,4-6,10H2,1-3H3,(H,20,23). The molecule has 2 N–H and O–H groups in total. The van der Waals surface area contributed by atoms with Crippen molar-refractivity contribution < 1.29 is 14.1 Å². The normalized spacial score (nSPS) is 15.9. The van der Waals surface area contributed by atoms with Gasteiger partial charge in [0.1, 0.15) is 5.75 Å². The highest BCUT2D eigenvalue weighted by atomic mass is 16.5. The summed E-state index contributed by atoms with van der Waals surface area (Å²) in [5, 5.41) is 10.3. The number of benzene rings is 1. The van der Waals surface area contributed by atoms with E-state index in [1.54, 1.807) is 0 Å². The van der Waals surface area contributed by atoms with Crippen LogP contribution in [-0.4, -0.2) is 22.7 Å². The van der Waals surface area contributed by atoms with Gasteiger partial charge in [-0.25, -0.2) is 0 Å². The third-order valence-electron chi connectivity index (χ3n) is 4.24. The van der Waals surface area contributed by atoms with Gasteiger partial charge in [0.2, 0.25) is 5.89 Å². The van der Waals surface area contributed by atoms with Gasteiger partial charge in [0.05, 0.1) is 11.7 Å². The number of rotatable bonds is 7. The number of fused-ring (bicyclic) bond motifs is 1. The maximum Gasteiger partial charge on any atom is 0.262 e. The van der Waals surface area contributed by atoms with E-state index >= 15 is 0 Å². The number of amides is 1. The Morgan fingerprint density at radius 3 is 2.96 bits per heavy atom. The fourth-order valence-corrected chi connectivity index (χ4v) is 2.79. The van der Waals surface area contributed by atoms with Gasteiger partial charge in [-0.2, -0.15) is 4.98 Å². The lowest BCUT2D eigenvalue weighted by Gasteiger charge is -2.22. The van der Waals surface area contributed by atoms with E-state index in [9.17, 15) is 4.79 Å². The largest absolute Gasteiger partial charge is 0.482 e. The average molecular weight is 344 g/mol. The van der Waals surface area contributed by atoms with Gasteiger partial charge in [0.15, 0.2) is 12.4 Å². The van der Waals surface area contributed by atoms with E-state index in [-0.39, 0.29) is 24.6 Å². The van der Waals surface area contributed by atoms with Crippen LogP contribution in [0.1, 0.15) is 63.0 Å². The third-order valence-corrected chi connectivity index (χ3v) is 4.24. The van der Waals surface area contributed by atoms with Crippen molar-refractivity contribution in [1.82, 2.24) is 15.5 Å². The zero-order valence-corrected chi connectivity index (χ0v) is 14.8. The Kier molecular flexibility index (Phi) is 5.33. The molecule has 0 saturated heterocycles. The second-order valence-corrected chi connectivity index (χ2v) is 6.35. The minimum atomic E-state index is -0.135. The van der Waals surface area contributed by atoms with Gasteiger partial charge >= 0.3 is 0 Å². The lowest BCUT2D eigenvalue weighted by molar-refractivity contribution is -0.118. The summed E-state index contributed by atoms with van der Waals surface area (Å²) in [6, 6.07) is 5.77. The highest BCUT2D eigenvalue weighted by Crippen LogP contribution is 2.31. The first kappa shape index (κ1) is 17.4.